The molecule has 0 heterocycles. The number of hydrazine groups is 1. The highest BCUT2D eigenvalue weighted by Crippen LogP contribution is 2.29. The zero-order valence-electron chi connectivity index (χ0n) is 16.1. The Hall–Kier alpha value is -3.76. The van der Waals surface area contributed by atoms with Crippen molar-refractivity contribution in [2.75, 3.05) is 0 Å². The summed E-state index contributed by atoms with van der Waals surface area (Å²) < 4.78 is 0. The number of rotatable bonds is 7. The quantitative estimate of drug-likeness (QED) is 0.176. The van der Waals surface area contributed by atoms with E-state index in [4.69, 9.17) is 16.2 Å². The summed E-state index contributed by atoms with van der Waals surface area (Å²) in [7, 11) is 0. The molecule has 0 bridgehead atoms. The van der Waals surface area contributed by atoms with E-state index in [0.717, 1.165) is 16.7 Å². The molecule has 0 aliphatic rings. The van der Waals surface area contributed by atoms with E-state index in [1.165, 1.54) is 11.8 Å². The second kappa shape index (κ2) is 9.97. The molecule has 3 aromatic rings. The Morgan fingerprint density at radius 1 is 0.862 bits per heavy atom. The summed E-state index contributed by atoms with van der Waals surface area (Å²) in [4.78, 5) is 4.86. The van der Waals surface area contributed by atoms with Crippen molar-refractivity contribution in [1.29, 1.82) is 5.41 Å². The maximum absolute atomic E-state index is 7.35. The van der Waals surface area contributed by atoms with Crippen LogP contribution in [0.5, 0.6) is 0 Å². The molecular formula is C25H24N4. The van der Waals surface area contributed by atoms with Crippen molar-refractivity contribution in [3.8, 4) is 11.1 Å². The molecule has 4 nitrogen and oxygen atoms in total. The van der Waals surface area contributed by atoms with Gasteiger partial charge in [-0.15, -0.1) is 0 Å². The van der Waals surface area contributed by atoms with Crippen molar-refractivity contribution < 1.29 is 0 Å². The molecule has 144 valence electrons. The fourth-order valence-electron chi connectivity index (χ4n) is 3.12. The zero-order chi connectivity index (χ0) is 20.5. The lowest BCUT2D eigenvalue weighted by atomic mass is 9.96. The van der Waals surface area contributed by atoms with Crippen LogP contribution in [0.1, 0.15) is 17.2 Å². The van der Waals surface area contributed by atoms with Crippen molar-refractivity contribution in [2.24, 2.45) is 10.8 Å². The molecule has 4 N–H and O–H groups in total. The predicted octanol–water partition coefficient (Wildman–Crippen LogP) is 5.07. The molecule has 0 aliphatic heterocycles. The van der Waals surface area contributed by atoms with Crippen LogP contribution in [0.2, 0.25) is 0 Å². The third-order valence-electron chi connectivity index (χ3n) is 4.60. The first kappa shape index (κ1) is 20.0. The lowest BCUT2D eigenvalue weighted by Gasteiger charge is -2.17. The van der Waals surface area contributed by atoms with Crippen LogP contribution in [-0.2, 0) is 0 Å². The molecule has 3 rings (SSSR count). The molecule has 0 aliphatic carbocycles. The monoisotopic (exact) mass is 380 g/mol. The molecule has 0 fully saturated rings. The van der Waals surface area contributed by atoms with Gasteiger partial charge < -0.3 is 10.8 Å². The Kier molecular flexibility index (Phi) is 6.87. The number of nitrogens with two attached hydrogens (primary N) is 1. The predicted molar refractivity (Wildman–Crippen MR) is 122 cm³/mol. The second-order valence-electron chi connectivity index (χ2n) is 6.42. The van der Waals surface area contributed by atoms with E-state index in [1.54, 1.807) is 12.2 Å². The fraction of sp³-hybridized carbons (Fsp3) is 0.0400. The third-order valence-corrected chi connectivity index (χ3v) is 4.60. The van der Waals surface area contributed by atoms with Gasteiger partial charge in [0.1, 0.15) is 11.9 Å². The molecule has 0 spiro atoms. The topological polar surface area (TPSA) is 74.3 Å². The minimum atomic E-state index is -0.249. The number of hydrogen-bond donors (Lipinski definition) is 3. The molecule has 0 saturated carbocycles. The third kappa shape index (κ3) is 4.94. The van der Waals surface area contributed by atoms with Crippen LogP contribution in [0.3, 0.4) is 0 Å². The van der Waals surface area contributed by atoms with Gasteiger partial charge in [-0.05, 0) is 28.3 Å². The highest BCUT2D eigenvalue weighted by atomic mass is 15.3. The molecular weight excluding hydrogens is 356 g/mol. The van der Waals surface area contributed by atoms with Gasteiger partial charge in [-0.25, -0.2) is 5.84 Å². The number of amidine groups is 1. The van der Waals surface area contributed by atoms with Crippen LogP contribution in [0, 0.1) is 5.41 Å². The van der Waals surface area contributed by atoms with Crippen molar-refractivity contribution in [3.05, 3.63) is 120 Å². The number of benzene rings is 3. The van der Waals surface area contributed by atoms with E-state index in [-0.39, 0.29) is 6.04 Å². The maximum atomic E-state index is 7.35. The first-order valence-corrected chi connectivity index (χ1v) is 9.35. The van der Waals surface area contributed by atoms with E-state index < -0.39 is 0 Å². The first-order valence-electron chi connectivity index (χ1n) is 9.35. The van der Waals surface area contributed by atoms with Crippen molar-refractivity contribution in [3.63, 3.8) is 0 Å². The molecule has 29 heavy (non-hydrogen) atoms. The van der Waals surface area contributed by atoms with Crippen LogP contribution >= 0.6 is 0 Å². The van der Waals surface area contributed by atoms with Gasteiger partial charge in [0.2, 0.25) is 0 Å². The molecule has 4 heteroatoms. The van der Waals surface area contributed by atoms with E-state index in [9.17, 15) is 0 Å². The Morgan fingerprint density at radius 3 is 1.97 bits per heavy atom. The van der Waals surface area contributed by atoms with Crippen LogP contribution < -0.4 is 11.3 Å². The first-order chi connectivity index (χ1) is 14.3. The molecule has 0 radical (unpaired) electrons. The van der Waals surface area contributed by atoms with E-state index in [1.807, 2.05) is 48.5 Å². The number of hydrogen-bond acceptors (Lipinski definition) is 3. The summed E-state index contributed by atoms with van der Waals surface area (Å²) in [5.41, 5.74) is 7.72. The average Bonchev–Trinajstić information content (AvgIpc) is 2.80. The maximum Gasteiger partial charge on any atom is 0.143 e. The summed E-state index contributed by atoms with van der Waals surface area (Å²) in [5.74, 6) is 6.22. The van der Waals surface area contributed by atoms with E-state index in [2.05, 4.69) is 48.4 Å². The Bertz CT molecular complexity index is 1000. The highest BCUT2D eigenvalue weighted by molar-refractivity contribution is 6.03. The van der Waals surface area contributed by atoms with Crippen LogP contribution in [0.4, 0.5) is 0 Å². The van der Waals surface area contributed by atoms with Crippen LogP contribution in [0.25, 0.3) is 11.1 Å². The van der Waals surface area contributed by atoms with Gasteiger partial charge in [0, 0.05) is 11.8 Å². The molecule has 0 amide bonds. The van der Waals surface area contributed by atoms with Crippen molar-refractivity contribution in [1.82, 2.24) is 5.43 Å². The Balaban J connectivity index is 2.05. The summed E-state index contributed by atoms with van der Waals surface area (Å²) in [6.45, 7) is 3.80. The molecule has 0 aromatic heterocycles. The van der Waals surface area contributed by atoms with Gasteiger partial charge in [-0.2, -0.15) is 0 Å². The molecule has 0 saturated heterocycles. The summed E-state index contributed by atoms with van der Waals surface area (Å²) in [6, 6.07) is 28.5. The van der Waals surface area contributed by atoms with Crippen LogP contribution in [-0.4, -0.2) is 12.1 Å². The second-order valence-corrected chi connectivity index (χ2v) is 6.42. The number of aliphatic imine (C=N–C) groups is 1. The number of nitrogens with zero attached hydrogens (tertiary/aromatic N) is 1. The normalized spacial score (nSPS) is 12.9. The van der Waals surface area contributed by atoms with Gasteiger partial charge in [0.25, 0.3) is 0 Å². The van der Waals surface area contributed by atoms with Gasteiger partial charge in [0.15, 0.2) is 0 Å². The average molecular weight is 380 g/mol. The van der Waals surface area contributed by atoms with Gasteiger partial charge in [-0.3, -0.25) is 4.99 Å². The number of allylic oxidation sites excluding steroid dienone is 1. The lowest BCUT2D eigenvalue weighted by Crippen LogP contribution is -2.32. The van der Waals surface area contributed by atoms with Gasteiger partial charge in [-0.1, -0.05) is 97.6 Å². The molecule has 1 unspecified atom stereocenters. The summed E-state index contributed by atoms with van der Waals surface area (Å²) in [5, 5.41) is 7.35. The van der Waals surface area contributed by atoms with Crippen molar-refractivity contribution in [2.45, 2.75) is 6.04 Å². The molecule has 1 atom stereocenters. The minimum Gasteiger partial charge on any atom is -0.309 e. The minimum absolute atomic E-state index is 0.249. The fourth-order valence-corrected chi connectivity index (χ4v) is 3.12. The molecule has 3 aromatic carbocycles. The van der Waals surface area contributed by atoms with E-state index in [0.29, 0.717) is 11.4 Å². The van der Waals surface area contributed by atoms with E-state index >= 15 is 0 Å². The van der Waals surface area contributed by atoms with Crippen LogP contribution in [0.15, 0.2) is 114 Å². The SMILES string of the molecule is C=C/C(=C\C=N)C(=NC(c1ccccc1)c1ccc(-c2ccccc2)cc1)NN. The summed E-state index contributed by atoms with van der Waals surface area (Å²) >= 11 is 0. The lowest BCUT2D eigenvalue weighted by molar-refractivity contribution is 0.852. The zero-order valence-corrected chi connectivity index (χ0v) is 16.1. The smallest absolute Gasteiger partial charge is 0.143 e. The largest absolute Gasteiger partial charge is 0.309 e. The van der Waals surface area contributed by atoms with Gasteiger partial charge >= 0.3 is 0 Å². The Morgan fingerprint density at radius 2 is 1.41 bits per heavy atom. The standard InChI is InChI=1S/C25H24N4/c1-2-19(17-18-26)25(29-27)28-24(22-11-7-4-8-12-22)23-15-13-21(14-16-23)20-9-5-3-6-10-20/h2-18,24,26H,1,27H2,(H,28,29)/b19-17+,26-18?. The van der Waals surface area contributed by atoms with Crippen molar-refractivity contribution >= 4 is 12.1 Å². The van der Waals surface area contributed by atoms with Gasteiger partial charge in [0.05, 0.1) is 0 Å². The Labute approximate surface area is 171 Å². The number of nitrogens with one attached hydrogen (secondary N) is 2. The highest BCUT2D eigenvalue weighted by Gasteiger charge is 2.15. The summed E-state index contributed by atoms with van der Waals surface area (Å²) in [6.07, 6.45) is 4.42.